The van der Waals surface area contributed by atoms with Crippen LogP contribution >= 0.6 is 0 Å². The number of benzene rings is 2. The van der Waals surface area contributed by atoms with Gasteiger partial charge in [-0.25, -0.2) is 0 Å². The number of hydrogen-bond donors (Lipinski definition) is 1. The summed E-state index contributed by atoms with van der Waals surface area (Å²) in [4.78, 5) is 12.2. The fourth-order valence-electron chi connectivity index (χ4n) is 1.96. The Balaban J connectivity index is 0.00000120. The minimum Gasteiger partial charge on any atom is -0.301 e. The number of nitrogens with zero attached hydrogens (tertiary/aromatic N) is 1. The van der Waals surface area contributed by atoms with Crippen LogP contribution in [-0.4, -0.2) is 9.78 Å². The molecule has 0 saturated carbocycles. The van der Waals surface area contributed by atoms with Gasteiger partial charge in [-0.1, -0.05) is 24.3 Å². The van der Waals surface area contributed by atoms with Crippen molar-refractivity contribution in [2.75, 3.05) is 0 Å². The number of hydrogen-bond acceptors (Lipinski definition) is 1. The quantitative estimate of drug-likeness (QED) is 0.466. The molecule has 0 aliphatic heterocycles. The first-order chi connectivity index (χ1) is 8.27. The number of nitrogens with one attached hydrogen (secondary N) is 1. The summed E-state index contributed by atoms with van der Waals surface area (Å²) in [7, 11) is 0. The van der Waals surface area contributed by atoms with Crippen molar-refractivity contribution in [2.24, 2.45) is 0 Å². The van der Waals surface area contributed by atoms with Crippen LogP contribution in [0.2, 0.25) is 0 Å². The molecular weight excluding hydrogens is 251 g/mol. The maximum Gasteiger partial charge on any atom is 1.00 e. The molecule has 4 heteroatoms. The average molecular weight is 262 g/mol. The van der Waals surface area contributed by atoms with E-state index < -0.39 is 0 Å². The van der Waals surface area contributed by atoms with Gasteiger partial charge in [-0.2, -0.15) is 18.6 Å². The maximum atomic E-state index is 12.2. The Morgan fingerprint density at radius 3 is 2.39 bits per heavy atom. The van der Waals surface area contributed by atoms with E-state index in [0.717, 1.165) is 16.8 Å². The fraction of sp³-hybridized carbons (Fsp3) is 0. The summed E-state index contributed by atoms with van der Waals surface area (Å²) in [5.41, 5.74) is 2.40. The van der Waals surface area contributed by atoms with Crippen molar-refractivity contribution in [1.29, 1.82) is 0 Å². The van der Waals surface area contributed by atoms with E-state index in [1.807, 2.05) is 48.5 Å². The van der Waals surface area contributed by atoms with E-state index in [0.29, 0.717) is 5.39 Å². The second-order valence-electron chi connectivity index (χ2n) is 3.93. The van der Waals surface area contributed by atoms with Crippen LogP contribution in [0.1, 0.15) is 5.56 Å². The van der Waals surface area contributed by atoms with Gasteiger partial charge in [0.25, 0.3) is 5.56 Å². The minimum atomic E-state index is -0.0447. The molecule has 0 amide bonds. The Hall–Kier alpha value is -0.784. The van der Waals surface area contributed by atoms with Gasteiger partial charge in [0, 0.05) is 0 Å². The number of rotatable bonds is 1. The number of aromatic amines is 1. The van der Waals surface area contributed by atoms with Gasteiger partial charge in [0.2, 0.25) is 0 Å². The van der Waals surface area contributed by atoms with Crippen LogP contribution in [0.3, 0.4) is 0 Å². The fourth-order valence-corrected chi connectivity index (χ4v) is 1.96. The van der Waals surface area contributed by atoms with Gasteiger partial charge >= 0.3 is 51.4 Å². The van der Waals surface area contributed by atoms with Gasteiger partial charge in [-0.05, 0) is 17.8 Å². The summed E-state index contributed by atoms with van der Waals surface area (Å²) in [6.07, 6.45) is 0. The predicted molar refractivity (Wildman–Crippen MR) is 68.4 cm³/mol. The van der Waals surface area contributed by atoms with Crippen LogP contribution in [-0.2, 0) is 0 Å². The van der Waals surface area contributed by atoms with E-state index in [4.69, 9.17) is 0 Å². The van der Waals surface area contributed by atoms with Crippen LogP contribution in [0, 0.1) is 6.92 Å². The summed E-state index contributed by atoms with van der Waals surface area (Å²) in [6, 6.07) is 15.0. The van der Waals surface area contributed by atoms with E-state index in [-0.39, 0.29) is 56.9 Å². The Kier molecular flexibility index (Phi) is 4.14. The summed E-state index contributed by atoms with van der Waals surface area (Å²) < 4.78 is 1.53. The smallest absolute Gasteiger partial charge is 0.301 e. The molecule has 0 spiro atoms. The molecule has 0 fully saturated rings. The summed E-state index contributed by atoms with van der Waals surface area (Å²) in [5.74, 6) is 0. The monoisotopic (exact) mass is 262 g/mol. The van der Waals surface area contributed by atoms with Crippen molar-refractivity contribution in [1.82, 2.24) is 9.78 Å². The molecular formula is C14H11KN2O. The van der Waals surface area contributed by atoms with E-state index in [1.165, 1.54) is 4.68 Å². The first-order valence-corrected chi connectivity index (χ1v) is 5.38. The van der Waals surface area contributed by atoms with Crippen molar-refractivity contribution in [3.8, 4) is 5.69 Å². The van der Waals surface area contributed by atoms with Crippen molar-refractivity contribution in [3.63, 3.8) is 0 Å². The molecule has 1 heterocycles. The predicted octanol–water partition coefficient (Wildman–Crippen LogP) is -0.495. The normalized spacial score (nSPS) is 10.2. The molecule has 3 nitrogen and oxygen atoms in total. The molecule has 0 radical (unpaired) electrons. The molecule has 0 aliphatic rings. The Morgan fingerprint density at radius 1 is 1.00 bits per heavy atom. The molecule has 0 unspecified atom stereocenters. The van der Waals surface area contributed by atoms with Gasteiger partial charge in [0.15, 0.2) is 0 Å². The molecule has 3 rings (SSSR count). The summed E-state index contributed by atoms with van der Waals surface area (Å²) in [5, 5.41) is 3.78. The minimum absolute atomic E-state index is 0. The Bertz CT molecular complexity index is 743. The van der Waals surface area contributed by atoms with Crippen molar-refractivity contribution in [3.05, 3.63) is 71.4 Å². The van der Waals surface area contributed by atoms with Crippen LogP contribution in [0.15, 0.2) is 53.3 Å². The average Bonchev–Trinajstić information content (AvgIpc) is 2.68. The van der Waals surface area contributed by atoms with Gasteiger partial charge in [0.1, 0.15) is 0 Å². The molecule has 3 aromatic rings. The van der Waals surface area contributed by atoms with Gasteiger partial charge < -0.3 is 5.10 Å². The third-order valence-corrected chi connectivity index (χ3v) is 2.83. The zero-order chi connectivity index (χ0) is 11.8. The molecule has 1 N–H and O–H groups in total. The van der Waals surface area contributed by atoms with Gasteiger partial charge in [0.05, 0.1) is 10.9 Å². The molecule has 0 atom stereocenters. The molecule has 2 aromatic carbocycles. The zero-order valence-corrected chi connectivity index (χ0v) is 13.3. The SMILES string of the molecule is [CH2-]c1ccccc1-n1[nH]c2ccccc2c1=O.[K+]. The number of aromatic nitrogens is 2. The van der Waals surface area contributed by atoms with Crippen molar-refractivity contribution >= 4 is 10.9 Å². The summed E-state index contributed by atoms with van der Waals surface area (Å²) in [6.45, 7) is 3.93. The van der Waals surface area contributed by atoms with Crippen LogP contribution in [0.5, 0.6) is 0 Å². The molecule has 84 valence electrons. The van der Waals surface area contributed by atoms with E-state index in [9.17, 15) is 4.79 Å². The number of para-hydroxylation sites is 2. The number of fused-ring (bicyclic) bond motifs is 1. The topological polar surface area (TPSA) is 37.8 Å². The first kappa shape index (κ1) is 13.6. The molecule has 0 aliphatic carbocycles. The Labute approximate surface area is 147 Å². The summed E-state index contributed by atoms with van der Waals surface area (Å²) >= 11 is 0. The molecule has 18 heavy (non-hydrogen) atoms. The van der Waals surface area contributed by atoms with E-state index >= 15 is 0 Å². The van der Waals surface area contributed by atoms with Crippen LogP contribution in [0.25, 0.3) is 16.6 Å². The first-order valence-electron chi connectivity index (χ1n) is 5.38. The second-order valence-corrected chi connectivity index (χ2v) is 3.93. The maximum absolute atomic E-state index is 12.2. The molecule has 0 bridgehead atoms. The van der Waals surface area contributed by atoms with Gasteiger partial charge in [-0.15, -0.1) is 6.07 Å². The van der Waals surface area contributed by atoms with E-state index in [2.05, 4.69) is 12.0 Å². The van der Waals surface area contributed by atoms with Crippen molar-refractivity contribution < 1.29 is 51.4 Å². The van der Waals surface area contributed by atoms with Crippen LogP contribution in [0.4, 0.5) is 0 Å². The van der Waals surface area contributed by atoms with Gasteiger partial charge in [-0.3, -0.25) is 9.48 Å². The molecule has 1 aromatic heterocycles. The molecule has 0 saturated heterocycles. The van der Waals surface area contributed by atoms with Crippen LogP contribution < -0.4 is 56.9 Å². The third-order valence-electron chi connectivity index (χ3n) is 2.83. The zero-order valence-electron chi connectivity index (χ0n) is 10.2. The Morgan fingerprint density at radius 2 is 1.67 bits per heavy atom. The van der Waals surface area contributed by atoms with E-state index in [1.54, 1.807) is 0 Å². The third kappa shape index (κ3) is 2.22. The second kappa shape index (κ2) is 5.46. The largest absolute Gasteiger partial charge is 1.00 e. The van der Waals surface area contributed by atoms with Crippen molar-refractivity contribution in [2.45, 2.75) is 0 Å². The standard InChI is InChI=1S/C14H11N2O.K/c1-10-6-2-5-9-13(10)16-14(17)11-7-3-4-8-12(11)15-16;/h2-9,15H,1H2;/q-1;+1. The number of H-pyrrole nitrogens is 1.